The molecule has 116 valence electrons. The first-order valence-corrected chi connectivity index (χ1v) is 7.96. The molecule has 1 N–H and O–H groups in total. The van der Waals surface area contributed by atoms with Gasteiger partial charge in [-0.15, -0.1) is 0 Å². The Labute approximate surface area is 123 Å². The topological polar surface area (TPSA) is 41.6 Å². The summed E-state index contributed by atoms with van der Waals surface area (Å²) in [5.41, 5.74) is 0.109. The van der Waals surface area contributed by atoms with Crippen LogP contribution in [0.4, 0.5) is 4.79 Å². The Morgan fingerprint density at radius 1 is 1.30 bits per heavy atom. The van der Waals surface area contributed by atoms with E-state index >= 15 is 0 Å². The maximum atomic E-state index is 12.1. The Morgan fingerprint density at radius 3 is 2.50 bits per heavy atom. The van der Waals surface area contributed by atoms with Gasteiger partial charge in [-0.25, -0.2) is 4.79 Å². The third kappa shape index (κ3) is 3.87. The average molecular weight is 282 g/mol. The fourth-order valence-corrected chi connectivity index (χ4v) is 3.73. The standard InChI is InChI=1S/C16H30N2O2/c1-15(2,3)20-14(19)18-9-7-16(8-10-18)6-5-13(11-16)12-17-4/h13,17H,5-12H2,1-4H3. The lowest BCUT2D eigenvalue weighted by Crippen LogP contribution is -2.44. The second-order valence-corrected chi connectivity index (χ2v) is 7.63. The molecule has 0 bridgehead atoms. The van der Waals surface area contributed by atoms with Gasteiger partial charge in [-0.2, -0.15) is 0 Å². The van der Waals surface area contributed by atoms with E-state index in [4.69, 9.17) is 4.74 Å². The molecule has 0 radical (unpaired) electrons. The molecule has 2 fully saturated rings. The number of carbonyl (C=O) groups is 1. The van der Waals surface area contributed by atoms with Gasteiger partial charge >= 0.3 is 6.09 Å². The van der Waals surface area contributed by atoms with Gasteiger partial charge in [0.15, 0.2) is 0 Å². The Bertz CT molecular complexity index is 341. The van der Waals surface area contributed by atoms with E-state index in [1.807, 2.05) is 32.7 Å². The van der Waals surface area contributed by atoms with Gasteiger partial charge in [0.2, 0.25) is 0 Å². The van der Waals surface area contributed by atoms with Crippen molar-refractivity contribution < 1.29 is 9.53 Å². The second kappa shape index (κ2) is 5.92. The molecule has 2 aliphatic rings. The maximum Gasteiger partial charge on any atom is 0.410 e. The quantitative estimate of drug-likeness (QED) is 0.846. The van der Waals surface area contributed by atoms with Crippen LogP contribution in [-0.2, 0) is 4.74 Å². The van der Waals surface area contributed by atoms with E-state index in [2.05, 4.69) is 5.32 Å². The largest absolute Gasteiger partial charge is 0.444 e. The third-order valence-electron chi connectivity index (χ3n) is 4.77. The van der Waals surface area contributed by atoms with Gasteiger partial charge in [0, 0.05) is 13.1 Å². The van der Waals surface area contributed by atoms with E-state index in [0.717, 1.165) is 38.4 Å². The van der Waals surface area contributed by atoms with Gasteiger partial charge < -0.3 is 15.0 Å². The predicted octanol–water partition coefficient (Wildman–Crippen LogP) is 3.02. The molecule has 1 saturated carbocycles. The van der Waals surface area contributed by atoms with Gasteiger partial charge in [-0.05, 0) is 77.8 Å². The summed E-state index contributed by atoms with van der Waals surface area (Å²) in [4.78, 5) is 14.0. The van der Waals surface area contributed by atoms with Gasteiger partial charge in [0.1, 0.15) is 5.60 Å². The summed E-state index contributed by atoms with van der Waals surface area (Å²) >= 11 is 0. The van der Waals surface area contributed by atoms with Gasteiger partial charge in [-0.1, -0.05) is 0 Å². The Balaban J connectivity index is 1.82. The van der Waals surface area contributed by atoms with Crippen LogP contribution < -0.4 is 5.32 Å². The van der Waals surface area contributed by atoms with Crippen LogP contribution in [0, 0.1) is 11.3 Å². The number of nitrogens with one attached hydrogen (secondary N) is 1. The molecule has 0 aromatic carbocycles. The SMILES string of the molecule is CNCC1CCC2(CCN(C(=O)OC(C)(C)C)CC2)C1. The van der Waals surface area contributed by atoms with E-state index in [9.17, 15) is 4.79 Å². The highest BCUT2D eigenvalue weighted by Gasteiger charge is 2.42. The molecule has 0 aromatic heterocycles. The molecule has 1 saturated heterocycles. The first kappa shape index (κ1) is 15.6. The minimum absolute atomic E-state index is 0.142. The highest BCUT2D eigenvalue weighted by Crippen LogP contribution is 2.48. The maximum absolute atomic E-state index is 12.1. The summed E-state index contributed by atoms with van der Waals surface area (Å²) in [6.07, 6.45) is 6.15. The normalized spacial score (nSPS) is 26.0. The van der Waals surface area contributed by atoms with Gasteiger partial charge in [0.25, 0.3) is 0 Å². The van der Waals surface area contributed by atoms with Crippen molar-refractivity contribution in [2.24, 2.45) is 11.3 Å². The summed E-state index contributed by atoms with van der Waals surface area (Å²) in [7, 11) is 2.04. The van der Waals surface area contributed by atoms with E-state index < -0.39 is 5.60 Å². The Kier molecular flexibility index (Phi) is 4.62. The highest BCUT2D eigenvalue weighted by molar-refractivity contribution is 5.68. The number of hydrogen-bond acceptors (Lipinski definition) is 3. The zero-order valence-electron chi connectivity index (χ0n) is 13.5. The summed E-state index contributed by atoms with van der Waals surface area (Å²) in [6, 6.07) is 0. The molecule has 4 heteroatoms. The van der Waals surface area contributed by atoms with E-state index in [1.54, 1.807) is 0 Å². The number of amides is 1. The number of rotatable bonds is 2. The first-order chi connectivity index (χ1) is 9.34. The molecule has 1 amide bonds. The lowest BCUT2D eigenvalue weighted by molar-refractivity contribution is 0.0103. The van der Waals surface area contributed by atoms with E-state index in [0.29, 0.717) is 5.41 Å². The molecule has 1 heterocycles. The molecule has 1 spiro atoms. The van der Waals surface area contributed by atoms with Crippen molar-refractivity contribution in [1.29, 1.82) is 0 Å². The van der Waals surface area contributed by atoms with Crippen LogP contribution >= 0.6 is 0 Å². The van der Waals surface area contributed by atoms with Crippen LogP contribution in [0.25, 0.3) is 0 Å². The number of likely N-dealkylation sites (tertiary alicyclic amines) is 1. The lowest BCUT2D eigenvalue weighted by Gasteiger charge is -2.40. The van der Waals surface area contributed by atoms with Crippen LogP contribution in [0.2, 0.25) is 0 Å². The number of ether oxygens (including phenoxy) is 1. The second-order valence-electron chi connectivity index (χ2n) is 7.63. The molecule has 1 atom stereocenters. The van der Waals surface area contributed by atoms with E-state index in [1.165, 1.54) is 19.3 Å². The number of piperidine rings is 1. The van der Waals surface area contributed by atoms with Gasteiger partial charge in [0.05, 0.1) is 0 Å². The molecule has 1 aliphatic carbocycles. The summed E-state index contributed by atoms with van der Waals surface area (Å²) < 4.78 is 5.46. The lowest BCUT2D eigenvalue weighted by atomic mass is 9.76. The minimum atomic E-state index is -0.391. The Hall–Kier alpha value is -0.770. The van der Waals surface area contributed by atoms with Crippen molar-refractivity contribution in [1.82, 2.24) is 10.2 Å². The van der Waals surface area contributed by atoms with Crippen molar-refractivity contribution in [3.8, 4) is 0 Å². The van der Waals surface area contributed by atoms with Gasteiger partial charge in [-0.3, -0.25) is 0 Å². The summed E-state index contributed by atoms with van der Waals surface area (Å²) in [6.45, 7) is 8.64. The third-order valence-corrected chi connectivity index (χ3v) is 4.77. The number of hydrogen-bond donors (Lipinski definition) is 1. The monoisotopic (exact) mass is 282 g/mol. The highest BCUT2D eigenvalue weighted by atomic mass is 16.6. The van der Waals surface area contributed by atoms with E-state index in [-0.39, 0.29) is 6.09 Å². The summed E-state index contributed by atoms with van der Waals surface area (Å²) in [5.74, 6) is 0.827. The van der Waals surface area contributed by atoms with Crippen molar-refractivity contribution in [3.63, 3.8) is 0 Å². The molecule has 4 nitrogen and oxygen atoms in total. The van der Waals surface area contributed by atoms with Crippen molar-refractivity contribution in [2.45, 2.75) is 58.5 Å². The van der Waals surface area contributed by atoms with Crippen LogP contribution in [0.1, 0.15) is 52.9 Å². The summed E-state index contributed by atoms with van der Waals surface area (Å²) in [5, 5.41) is 3.30. The van der Waals surface area contributed by atoms with Crippen LogP contribution in [0.5, 0.6) is 0 Å². The average Bonchev–Trinajstić information content (AvgIpc) is 2.71. The van der Waals surface area contributed by atoms with Crippen molar-refractivity contribution in [2.75, 3.05) is 26.7 Å². The fourth-order valence-electron chi connectivity index (χ4n) is 3.73. The fraction of sp³-hybridized carbons (Fsp3) is 0.938. The molecule has 20 heavy (non-hydrogen) atoms. The molecular weight excluding hydrogens is 252 g/mol. The molecular formula is C16H30N2O2. The first-order valence-electron chi connectivity index (χ1n) is 7.96. The van der Waals surface area contributed by atoms with Crippen molar-refractivity contribution >= 4 is 6.09 Å². The number of nitrogens with zero attached hydrogens (tertiary/aromatic N) is 1. The molecule has 1 aliphatic heterocycles. The van der Waals surface area contributed by atoms with Crippen LogP contribution in [0.15, 0.2) is 0 Å². The molecule has 1 unspecified atom stereocenters. The van der Waals surface area contributed by atoms with Crippen LogP contribution in [-0.4, -0.2) is 43.3 Å². The predicted molar refractivity (Wildman–Crippen MR) is 80.7 cm³/mol. The molecule has 2 rings (SSSR count). The Morgan fingerprint density at radius 2 is 1.95 bits per heavy atom. The molecule has 0 aromatic rings. The smallest absolute Gasteiger partial charge is 0.410 e. The minimum Gasteiger partial charge on any atom is -0.444 e. The van der Waals surface area contributed by atoms with Crippen molar-refractivity contribution in [3.05, 3.63) is 0 Å². The number of carbonyl (C=O) groups excluding carboxylic acids is 1. The van der Waals surface area contributed by atoms with Crippen LogP contribution in [0.3, 0.4) is 0 Å². The zero-order chi connectivity index (χ0) is 14.8. The zero-order valence-corrected chi connectivity index (χ0v) is 13.5.